The third kappa shape index (κ3) is 3.68. The molecule has 0 bridgehead atoms. The molecule has 0 spiro atoms. The van der Waals surface area contributed by atoms with Gasteiger partial charge in [0.1, 0.15) is 0 Å². The molecule has 1 atom stereocenters. The molecule has 1 unspecified atom stereocenters. The fraction of sp³-hybridized carbons (Fsp3) is 0.188. The molecule has 2 rings (SSSR count). The maximum absolute atomic E-state index is 12.1. The largest absolute Gasteiger partial charge is 0.387 e. The summed E-state index contributed by atoms with van der Waals surface area (Å²) in [7, 11) is 0. The van der Waals surface area contributed by atoms with E-state index in [-0.39, 0.29) is 12.5 Å². The minimum absolute atomic E-state index is 0.182. The predicted octanol–water partition coefficient (Wildman–Crippen LogP) is 3.22. The molecule has 0 aliphatic carbocycles. The van der Waals surface area contributed by atoms with Crippen molar-refractivity contribution in [3.05, 3.63) is 69.7 Å². The van der Waals surface area contributed by atoms with Crippen LogP contribution in [0.5, 0.6) is 0 Å². The average Bonchev–Trinajstić information content (AvgIpc) is 2.47. The van der Waals surface area contributed by atoms with Crippen molar-refractivity contribution in [3.63, 3.8) is 0 Å². The van der Waals surface area contributed by atoms with Crippen LogP contribution >= 0.6 is 15.9 Å². The van der Waals surface area contributed by atoms with E-state index in [1.165, 1.54) is 0 Å². The number of aliphatic hydroxyl groups is 1. The number of aryl methyl sites for hydroxylation is 1. The molecule has 2 aromatic rings. The first-order chi connectivity index (χ1) is 9.58. The smallest absolute Gasteiger partial charge is 0.251 e. The van der Waals surface area contributed by atoms with Gasteiger partial charge in [-0.2, -0.15) is 0 Å². The van der Waals surface area contributed by atoms with Gasteiger partial charge in [0.05, 0.1) is 6.10 Å². The van der Waals surface area contributed by atoms with Crippen LogP contribution in [-0.4, -0.2) is 17.6 Å². The molecule has 0 saturated heterocycles. The lowest BCUT2D eigenvalue weighted by atomic mass is 10.1. The number of rotatable bonds is 4. The van der Waals surface area contributed by atoms with Crippen molar-refractivity contribution in [2.45, 2.75) is 13.0 Å². The zero-order valence-corrected chi connectivity index (χ0v) is 12.7. The normalized spacial score (nSPS) is 11.9. The lowest BCUT2D eigenvalue weighted by Gasteiger charge is -2.13. The summed E-state index contributed by atoms with van der Waals surface area (Å²) < 4.78 is 0.858. The Hall–Kier alpha value is -1.65. The first-order valence-corrected chi connectivity index (χ1v) is 7.14. The first kappa shape index (κ1) is 14.8. The molecule has 1 amide bonds. The maximum atomic E-state index is 12.1. The third-order valence-electron chi connectivity index (χ3n) is 3.08. The molecular weight excluding hydrogens is 318 g/mol. The van der Waals surface area contributed by atoms with Gasteiger partial charge in [-0.1, -0.05) is 52.3 Å². The van der Waals surface area contributed by atoms with Crippen LogP contribution < -0.4 is 5.32 Å². The molecule has 0 heterocycles. The van der Waals surface area contributed by atoms with Crippen LogP contribution in [0.15, 0.2) is 53.0 Å². The van der Waals surface area contributed by atoms with E-state index < -0.39 is 6.10 Å². The quantitative estimate of drug-likeness (QED) is 0.902. The molecule has 0 aromatic heterocycles. The second kappa shape index (κ2) is 6.68. The molecule has 3 nitrogen and oxygen atoms in total. The van der Waals surface area contributed by atoms with Crippen molar-refractivity contribution in [2.75, 3.05) is 6.54 Å². The van der Waals surface area contributed by atoms with Gasteiger partial charge < -0.3 is 10.4 Å². The number of amides is 1. The van der Waals surface area contributed by atoms with Gasteiger partial charge in [-0.05, 0) is 30.2 Å². The average molecular weight is 334 g/mol. The number of aliphatic hydroxyl groups excluding tert-OH is 1. The lowest BCUT2D eigenvalue weighted by Crippen LogP contribution is -2.28. The fourth-order valence-electron chi connectivity index (χ4n) is 1.92. The highest BCUT2D eigenvalue weighted by atomic mass is 79.9. The topological polar surface area (TPSA) is 49.3 Å². The van der Waals surface area contributed by atoms with Crippen molar-refractivity contribution in [3.8, 4) is 0 Å². The summed E-state index contributed by atoms with van der Waals surface area (Å²) in [5, 5.41) is 12.8. The monoisotopic (exact) mass is 333 g/mol. The van der Waals surface area contributed by atoms with Crippen LogP contribution in [-0.2, 0) is 0 Å². The molecule has 4 heteroatoms. The Kier molecular flexibility index (Phi) is 4.93. The van der Waals surface area contributed by atoms with Crippen molar-refractivity contribution in [1.82, 2.24) is 5.32 Å². The minimum Gasteiger partial charge on any atom is -0.387 e. The standard InChI is InChI=1S/C16H16BrNO2/c1-11-7-8-13(17)9-14(11)16(20)18-10-15(19)12-5-3-2-4-6-12/h2-9,15,19H,10H2,1H3,(H,18,20). The van der Waals surface area contributed by atoms with Crippen molar-refractivity contribution >= 4 is 21.8 Å². The highest BCUT2D eigenvalue weighted by molar-refractivity contribution is 9.10. The van der Waals surface area contributed by atoms with Crippen LogP contribution in [0.3, 0.4) is 0 Å². The van der Waals surface area contributed by atoms with Gasteiger partial charge in [-0.15, -0.1) is 0 Å². The summed E-state index contributed by atoms with van der Waals surface area (Å²) in [6.07, 6.45) is -0.701. The summed E-state index contributed by atoms with van der Waals surface area (Å²) in [6, 6.07) is 14.8. The first-order valence-electron chi connectivity index (χ1n) is 6.35. The molecule has 20 heavy (non-hydrogen) atoms. The molecule has 104 valence electrons. The van der Waals surface area contributed by atoms with Crippen molar-refractivity contribution in [2.24, 2.45) is 0 Å². The lowest BCUT2D eigenvalue weighted by molar-refractivity contribution is 0.0915. The Balaban J connectivity index is 2.00. The molecule has 2 N–H and O–H groups in total. The molecule has 0 fully saturated rings. The summed E-state index contributed by atoms with van der Waals surface area (Å²) in [4.78, 5) is 12.1. The van der Waals surface area contributed by atoms with Crippen LogP contribution in [0.25, 0.3) is 0 Å². The number of nitrogens with one attached hydrogen (secondary N) is 1. The molecule has 0 saturated carbocycles. The van der Waals surface area contributed by atoms with E-state index in [0.29, 0.717) is 5.56 Å². The van der Waals surface area contributed by atoms with Gasteiger partial charge in [-0.3, -0.25) is 4.79 Å². The van der Waals surface area contributed by atoms with E-state index in [2.05, 4.69) is 21.2 Å². The molecule has 2 aromatic carbocycles. The van der Waals surface area contributed by atoms with Gasteiger partial charge in [0.2, 0.25) is 0 Å². The summed E-state index contributed by atoms with van der Waals surface area (Å²) in [6.45, 7) is 2.07. The van der Waals surface area contributed by atoms with E-state index in [1.807, 2.05) is 49.4 Å². The number of hydrogen-bond acceptors (Lipinski definition) is 2. The van der Waals surface area contributed by atoms with E-state index in [1.54, 1.807) is 6.07 Å². The minimum atomic E-state index is -0.701. The Morgan fingerprint density at radius 3 is 2.65 bits per heavy atom. The van der Waals surface area contributed by atoms with Crippen LogP contribution in [0.4, 0.5) is 0 Å². The van der Waals surface area contributed by atoms with Crippen LogP contribution in [0.2, 0.25) is 0 Å². The molecule has 0 aliphatic heterocycles. The van der Waals surface area contributed by atoms with Crippen LogP contribution in [0.1, 0.15) is 27.6 Å². The second-order valence-electron chi connectivity index (χ2n) is 4.60. The Labute approximate surface area is 126 Å². The summed E-state index contributed by atoms with van der Waals surface area (Å²) in [5.74, 6) is -0.182. The van der Waals surface area contributed by atoms with Gasteiger partial charge in [0.15, 0.2) is 0 Å². The van der Waals surface area contributed by atoms with Gasteiger partial charge in [0, 0.05) is 16.6 Å². The summed E-state index contributed by atoms with van der Waals surface area (Å²) in [5.41, 5.74) is 2.30. The van der Waals surface area contributed by atoms with Crippen LogP contribution in [0, 0.1) is 6.92 Å². The van der Waals surface area contributed by atoms with Gasteiger partial charge >= 0.3 is 0 Å². The van der Waals surface area contributed by atoms with E-state index in [9.17, 15) is 9.90 Å². The highest BCUT2D eigenvalue weighted by Gasteiger charge is 2.12. The van der Waals surface area contributed by atoms with Gasteiger partial charge in [0.25, 0.3) is 5.91 Å². The molecule has 0 aliphatic rings. The maximum Gasteiger partial charge on any atom is 0.251 e. The van der Waals surface area contributed by atoms with E-state index >= 15 is 0 Å². The number of halogens is 1. The Morgan fingerprint density at radius 1 is 1.25 bits per heavy atom. The van der Waals surface area contributed by atoms with E-state index in [4.69, 9.17) is 0 Å². The Bertz CT molecular complexity index is 599. The zero-order chi connectivity index (χ0) is 14.5. The van der Waals surface area contributed by atoms with Crippen molar-refractivity contribution in [1.29, 1.82) is 0 Å². The SMILES string of the molecule is Cc1ccc(Br)cc1C(=O)NCC(O)c1ccccc1. The molecule has 0 radical (unpaired) electrons. The zero-order valence-electron chi connectivity index (χ0n) is 11.1. The number of benzene rings is 2. The van der Waals surface area contributed by atoms with E-state index in [0.717, 1.165) is 15.6 Å². The molecular formula is C16H16BrNO2. The fourth-order valence-corrected chi connectivity index (χ4v) is 2.28. The summed E-state index contributed by atoms with van der Waals surface area (Å²) >= 11 is 3.35. The van der Waals surface area contributed by atoms with Crippen molar-refractivity contribution < 1.29 is 9.90 Å². The predicted molar refractivity (Wildman–Crippen MR) is 82.6 cm³/mol. The number of carbonyl (C=O) groups excluding carboxylic acids is 1. The Morgan fingerprint density at radius 2 is 1.95 bits per heavy atom. The second-order valence-corrected chi connectivity index (χ2v) is 5.51. The van der Waals surface area contributed by atoms with Gasteiger partial charge in [-0.25, -0.2) is 0 Å². The number of carbonyl (C=O) groups is 1. The number of hydrogen-bond donors (Lipinski definition) is 2. The highest BCUT2D eigenvalue weighted by Crippen LogP contribution is 2.16. The third-order valence-corrected chi connectivity index (χ3v) is 3.58.